The zero-order chi connectivity index (χ0) is 13.7. The molecule has 0 spiro atoms. The summed E-state index contributed by atoms with van der Waals surface area (Å²) in [4.78, 5) is 0. The molecule has 0 bridgehead atoms. The fourth-order valence-electron chi connectivity index (χ4n) is 1.91. The minimum atomic E-state index is -5.46. The average molecular weight is 282 g/mol. The van der Waals surface area contributed by atoms with Crippen LogP contribution in [-0.2, 0) is 18.9 Å². The van der Waals surface area contributed by atoms with E-state index >= 15 is 0 Å². The highest BCUT2D eigenvalue weighted by Gasteiger charge is 2.84. The van der Waals surface area contributed by atoms with E-state index < -0.39 is 50.4 Å². The number of rotatable bonds is 1. The summed E-state index contributed by atoms with van der Waals surface area (Å²) in [5.41, 5.74) is 0. The van der Waals surface area contributed by atoms with Crippen molar-refractivity contribution in [2.45, 2.75) is 23.9 Å². The summed E-state index contributed by atoms with van der Waals surface area (Å²) in [6.45, 7) is -2.54. The predicted octanol–water partition coefficient (Wildman–Crippen LogP) is 1.60. The van der Waals surface area contributed by atoms with Crippen molar-refractivity contribution in [3.8, 4) is 0 Å². The Morgan fingerprint density at radius 3 is 0.944 bits per heavy atom. The van der Waals surface area contributed by atoms with Crippen molar-refractivity contribution < 1.29 is 45.3 Å². The van der Waals surface area contributed by atoms with E-state index in [0.717, 1.165) is 0 Å². The Bertz CT molecular complexity index is 281. The molecule has 0 unspecified atom stereocenters. The Labute approximate surface area is 96.7 Å². The average Bonchev–Trinajstić information content (AvgIpc) is 2.85. The number of ether oxygens (including phenoxy) is 4. The Hall–Kier alpha value is -0.580. The quantitative estimate of drug-likeness (QED) is 0.684. The lowest BCUT2D eigenvalue weighted by Crippen LogP contribution is -2.70. The largest absolute Gasteiger partial charge is 0.449 e. The first-order valence-electron chi connectivity index (χ1n) is 4.86. The van der Waals surface area contributed by atoms with Crippen molar-refractivity contribution in [2.24, 2.45) is 0 Å². The van der Waals surface area contributed by atoms with Crippen LogP contribution >= 0.6 is 0 Å². The van der Waals surface area contributed by atoms with Crippen LogP contribution in [0.25, 0.3) is 0 Å². The lowest BCUT2D eigenvalue weighted by Gasteiger charge is -2.42. The molecule has 2 heterocycles. The summed E-state index contributed by atoms with van der Waals surface area (Å²) in [6.07, 6.45) is -10.9. The molecule has 0 aromatic rings. The molecule has 4 nitrogen and oxygen atoms in total. The first-order chi connectivity index (χ1) is 8.16. The standard InChI is InChI=1S/C8H8F6O4/c9-7(10,11)5(15-1-2-16-5)6(8(12,13)14)17-3-4-18-6/h1-4H2. The second-order valence-corrected chi connectivity index (χ2v) is 3.62. The van der Waals surface area contributed by atoms with E-state index in [4.69, 9.17) is 0 Å². The molecule has 106 valence electrons. The van der Waals surface area contributed by atoms with Gasteiger partial charge in [-0.05, 0) is 0 Å². The van der Waals surface area contributed by atoms with E-state index in [9.17, 15) is 26.3 Å². The van der Waals surface area contributed by atoms with Gasteiger partial charge in [-0.2, -0.15) is 26.3 Å². The van der Waals surface area contributed by atoms with Gasteiger partial charge in [0.1, 0.15) is 0 Å². The molecule has 2 aliphatic rings. The van der Waals surface area contributed by atoms with Gasteiger partial charge < -0.3 is 18.9 Å². The molecule has 0 saturated carbocycles. The van der Waals surface area contributed by atoms with Crippen molar-refractivity contribution in [3.63, 3.8) is 0 Å². The van der Waals surface area contributed by atoms with Gasteiger partial charge in [-0.15, -0.1) is 0 Å². The van der Waals surface area contributed by atoms with Crippen LogP contribution in [0.5, 0.6) is 0 Å². The van der Waals surface area contributed by atoms with E-state index in [1.165, 1.54) is 0 Å². The van der Waals surface area contributed by atoms with Crippen molar-refractivity contribution >= 4 is 0 Å². The number of alkyl halides is 6. The molecule has 0 atom stereocenters. The van der Waals surface area contributed by atoms with Gasteiger partial charge in [0.15, 0.2) is 0 Å². The maximum absolute atomic E-state index is 12.9. The molecular formula is C8H8F6O4. The van der Waals surface area contributed by atoms with Crippen molar-refractivity contribution in [2.75, 3.05) is 26.4 Å². The summed E-state index contributed by atoms with van der Waals surface area (Å²) in [5, 5.41) is 0. The fourth-order valence-corrected chi connectivity index (χ4v) is 1.91. The lowest BCUT2D eigenvalue weighted by atomic mass is 10.0. The topological polar surface area (TPSA) is 36.9 Å². The Kier molecular flexibility index (Phi) is 3.04. The molecule has 0 N–H and O–H groups in total. The molecule has 0 radical (unpaired) electrons. The second kappa shape index (κ2) is 3.95. The third-order valence-corrected chi connectivity index (χ3v) is 2.57. The van der Waals surface area contributed by atoms with Crippen molar-refractivity contribution in [1.82, 2.24) is 0 Å². The highest BCUT2D eigenvalue weighted by atomic mass is 19.4. The molecule has 2 aliphatic heterocycles. The third kappa shape index (κ3) is 1.63. The van der Waals surface area contributed by atoms with Crippen LogP contribution in [0.4, 0.5) is 26.3 Å². The van der Waals surface area contributed by atoms with Crippen molar-refractivity contribution in [1.29, 1.82) is 0 Å². The summed E-state index contributed by atoms with van der Waals surface area (Å²) in [5.74, 6) is -7.95. The molecule has 2 rings (SSSR count). The van der Waals surface area contributed by atoms with Crippen LogP contribution in [0.3, 0.4) is 0 Å². The molecule has 10 heteroatoms. The molecule has 2 fully saturated rings. The molecule has 18 heavy (non-hydrogen) atoms. The third-order valence-electron chi connectivity index (χ3n) is 2.57. The van der Waals surface area contributed by atoms with E-state index in [1.807, 2.05) is 0 Å². The van der Waals surface area contributed by atoms with Crippen LogP contribution < -0.4 is 0 Å². The van der Waals surface area contributed by atoms with E-state index in [-0.39, 0.29) is 0 Å². The van der Waals surface area contributed by atoms with Gasteiger partial charge in [0.05, 0.1) is 26.4 Å². The van der Waals surface area contributed by atoms with Gasteiger partial charge in [-0.25, -0.2) is 0 Å². The Morgan fingerprint density at radius 1 is 0.556 bits per heavy atom. The van der Waals surface area contributed by atoms with Crippen LogP contribution in [0.2, 0.25) is 0 Å². The normalized spacial score (nSPS) is 27.7. The first-order valence-corrected chi connectivity index (χ1v) is 4.86. The van der Waals surface area contributed by atoms with Crippen LogP contribution in [-0.4, -0.2) is 50.4 Å². The Morgan fingerprint density at radius 2 is 0.778 bits per heavy atom. The van der Waals surface area contributed by atoms with Gasteiger partial charge in [-0.1, -0.05) is 0 Å². The van der Waals surface area contributed by atoms with Crippen LogP contribution in [0, 0.1) is 0 Å². The van der Waals surface area contributed by atoms with Gasteiger partial charge in [0.25, 0.3) is 0 Å². The smallest absolute Gasteiger partial charge is 0.336 e. The van der Waals surface area contributed by atoms with E-state index in [0.29, 0.717) is 0 Å². The van der Waals surface area contributed by atoms with Crippen molar-refractivity contribution in [3.05, 3.63) is 0 Å². The zero-order valence-electron chi connectivity index (χ0n) is 8.73. The molecule has 0 amide bonds. The minimum absolute atomic E-state index is 0.635. The number of hydrogen-bond acceptors (Lipinski definition) is 4. The van der Waals surface area contributed by atoms with Gasteiger partial charge in [0.2, 0.25) is 0 Å². The first kappa shape index (κ1) is 13.8. The highest BCUT2D eigenvalue weighted by molar-refractivity contribution is 5.03. The van der Waals surface area contributed by atoms with Crippen LogP contribution in [0.1, 0.15) is 0 Å². The lowest BCUT2D eigenvalue weighted by molar-refractivity contribution is -0.494. The maximum Gasteiger partial charge on any atom is 0.449 e. The predicted molar refractivity (Wildman–Crippen MR) is 41.4 cm³/mol. The molecule has 2 saturated heterocycles. The summed E-state index contributed by atoms with van der Waals surface area (Å²) >= 11 is 0. The summed E-state index contributed by atoms with van der Waals surface area (Å²) in [6, 6.07) is 0. The van der Waals surface area contributed by atoms with E-state index in [1.54, 1.807) is 0 Å². The summed E-state index contributed by atoms with van der Waals surface area (Å²) in [7, 11) is 0. The van der Waals surface area contributed by atoms with Gasteiger partial charge >= 0.3 is 23.9 Å². The maximum atomic E-state index is 12.9. The number of halogens is 6. The molecule has 0 aromatic heterocycles. The summed E-state index contributed by atoms with van der Waals surface area (Å²) < 4.78 is 94.4. The Balaban J connectivity index is 2.52. The van der Waals surface area contributed by atoms with E-state index in [2.05, 4.69) is 18.9 Å². The van der Waals surface area contributed by atoms with Crippen LogP contribution in [0.15, 0.2) is 0 Å². The fraction of sp³-hybridized carbons (Fsp3) is 1.00. The monoisotopic (exact) mass is 282 g/mol. The molecule has 0 aliphatic carbocycles. The molecule has 0 aromatic carbocycles. The SMILES string of the molecule is FC(F)(F)C1(C2(C(F)(F)F)OCCO2)OCCO1. The van der Waals surface area contributed by atoms with Gasteiger partial charge in [0, 0.05) is 0 Å². The second-order valence-electron chi connectivity index (χ2n) is 3.62. The van der Waals surface area contributed by atoms with Gasteiger partial charge in [-0.3, -0.25) is 0 Å². The zero-order valence-corrected chi connectivity index (χ0v) is 8.73. The highest BCUT2D eigenvalue weighted by Crippen LogP contribution is 2.55. The molecular weight excluding hydrogens is 274 g/mol. The number of hydrogen-bond donors (Lipinski definition) is 0. The minimum Gasteiger partial charge on any atom is -0.336 e.